The topological polar surface area (TPSA) is 21.3 Å². The van der Waals surface area contributed by atoms with E-state index in [0.29, 0.717) is 6.61 Å². The van der Waals surface area contributed by atoms with Crippen molar-refractivity contribution in [2.24, 2.45) is 0 Å². The molecule has 1 heterocycles. The zero-order valence-electron chi connectivity index (χ0n) is 15.8. The molecular formula is C26H23NO. The zero-order valence-corrected chi connectivity index (χ0v) is 15.8. The molecule has 0 saturated heterocycles. The molecule has 4 aromatic carbocycles. The summed E-state index contributed by atoms with van der Waals surface area (Å²) in [6.45, 7) is 1.58. The van der Waals surface area contributed by atoms with Gasteiger partial charge in [0.15, 0.2) is 0 Å². The van der Waals surface area contributed by atoms with Gasteiger partial charge in [0.1, 0.15) is 12.4 Å². The molecule has 4 aromatic rings. The van der Waals surface area contributed by atoms with Crippen LogP contribution in [0, 0.1) is 0 Å². The quantitative estimate of drug-likeness (QED) is 0.504. The van der Waals surface area contributed by atoms with Crippen LogP contribution in [0.1, 0.15) is 28.3 Å². The van der Waals surface area contributed by atoms with Gasteiger partial charge in [0, 0.05) is 6.54 Å². The highest BCUT2D eigenvalue weighted by atomic mass is 16.5. The molecule has 0 amide bonds. The minimum Gasteiger partial charge on any atom is -0.489 e. The number of hydrogen-bond acceptors (Lipinski definition) is 2. The van der Waals surface area contributed by atoms with Crippen LogP contribution in [0.15, 0.2) is 91.0 Å². The number of nitrogens with one attached hydrogen (secondary N) is 1. The van der Waals surface area contributed by atoms with Crippen molar-refractivity contribution in [1.82, 2.24) is 5.32 Å². The Hall–Kier alpha value is -3.10. The summed E-state index contributed by atoms with van der Waals surface area (Å²) in [6.07, 6.45) is 1.03. The van der Waals surface area contributed by atoms with E-state index in [1.165, 1.54) is 33.0 Å². The minimum absolute atomic E-state index is 0.220. The lowest BCUT2D eigenvalue weighted by Gasteiger charge is -2.28. The van der Waals surface area contributed by atoms with Crippen LogP contribution in [0.3, 0.4) is 0 Å². The Kier molecular flexibility index (Phi) is 4.56. The summed E-state index contributed by atoms with van der Waals surface area (Å²) in [4.78, 5) is 0. The highest BCUT2D eigenvalue weighted by Gasteiger charge is 2.23. The molecule has 5 rings (SSSR count). The molecule has 1 unspecified atom stereocenters. The molecule has 1 aliphatic rings. The molecule has 28 heavy (non-hydrogen) atoms. The van der Waals surface area contributed by atoms with E-state index in [2.05, 4.69) is 78.1 Å². The van der Waals surface area contributed by atoms with Crippen LogP contribution in [0.4, 0.5) is 0 Å². The van der Waals surface area contributed by atoms with Gasteiger partial charge in [-0.15, -0.1) is 0 Å². The number of fused-ring (bicyclic) bond motifs is 2. The van der Waals surface area contributed by atoms with Crippen molar-refractivity contribution in [1.29, 1.82) is 0 Å². The summed E-state index contributed by atoms with van der Waals surface area (Å²) in [5.41, 5.74) is 5.27. The fourth-order valence-corrected chi connectivity index (χ4v) is 4.15. The van der Waals surface area contributed by atoms with Crippen molar-refractivity contribution in [3.8, 4) is 5.75 Å². The lowest BCUT2D eigenvalue weighted by Crippen LogP contribution is -2.30. The van der Waals surface area contributed by atoms with Crippen molar-refractivity contribution in [2.45, 2.75) is 19.1 Å². The molecule has 1 aliphatic heterocycles. The van der Waals surface area contributed by atoms with Crippen LogP contribution in [-0.2, 0) is 13.0 Å². The van der Waals surface area contributed by atoms with Gasteiger partial charge in [-0.2, -0.15) is 0 Å². The fraction of sp³-hybridized carbons (Fsp3) is 0.154. The Morgan fingerprint density at radius 3 is 2.54 bits per heavy atom. The fourth-order valence-electron chi connectivity index (χ4n) is 4.15. The first-order valence-electron chi connectivity index (χ1n) is 9.89. The molecule has 2 heteroatoms. The van der Waals surface area contributed by atoms with Gasteiger partial charge < -0.3 is 10.1 Å². The highest BCUT2D eigenvalue weighted by Crippen LogP contribution is 2.34. The molecule has 0 bridgehead atoms. The van der Waals surface area contributed by atoms with Crippen LogP contribution < -0.4 is 10.1 Å². The maximum atomic E-state index is 6.05. The number of hydrogen-bond donors (Lipinski definition) is 1. The molecule has 138 valence electrons. The molecular weight excluding hydrogens is 342 g/mol. The number of ether oxygens (including phenoxy) is 1. The van der Waals surface area contributed by atoms with Crippen molar-refractivity contribution >= 4 is 10.8 Å². The summed E-state index contributed by atoms with van der Waals surface area (Å²) in [5.74, 6) is 0.946. The maximum absolute atomic E-state index is 6.05. The Morgan fingerprint density at radius 1 is 0.786 bits per heavy atom. The first-order chi connectivity index (χ1) is 13.9. The lowest BCUT2D eigenvalue weighted by molar-refractivity contribution is 0.305. The summed E-state index contributed by atoms with van der Waals surface area (Å²) in [6, 6.07) is 32.3. The van der Waals surface area contributed by atoms with Crippen molar-refractivity contribution in [2.75, 3.05) is 6.54 Å². The number of rotatable bonds is 4. The van der Waals surface area contributed by atoms with Crippen LogP contribution >= 0.6 is 0 Å². The lowest BCUT2D eigenvalue weighted by atomic mass is 9.87. The van der Waals surface area contributed by atoms with E-state index in [0.717, 1.165) is 18.7 Å². The minimum atomic E-state index is 0.220. The van der Waals surface area contributed by atoms with Gasteiger partial charge in [0.2, 0.25) is 0 Å². The Bertz CT molecular complexity index is 1100. The van der Waals surface area contributed by atoms with E-state index in [4.69, 9.17) is 4.74 Å². The van der Waals surface area contributed by atoms with Crippen LogP contribution in [0.25, 0.3) is 10.8 Å². The monoisotopic (exact) mass is 365 g/mol. The van der Waals surface area contributed by atoms with Crippen LogP contribution in [-0.4, -0.2) is 6.54 Å². The molecule has 0 fully saturated rings. The van der Waals surface area contributed by atoms with Gasteiger partial charge >= 0.3 is 0 Å². The molecule has 0 radical (unpaired) electrons. The van der Waals surface area contributed by atoms with E-state index in [9.17, 15) is 0 Å². The van der Waals surface area contributed by atoms with E-state index < -0.39 is 0 Å². The molecule has 0 saturated carbocycles. The van der Waals surface area contributed by atoms with Gasteiger partial charge in [-0.05, 0) is 51.6 Å². The van der Waals surface area contributed by atoms with E-state index in [1.807, 2.05) is 18.2 Å². The summed E-state index contributed by atoms with van der Waals surface area (Å²) >= 11 is 0. The van der Waals surface area contributed by atoms with E-state index in [-0.39, 0.29) is 6.04 Å². The Labute approximate surface area is 165 Å². The highest BCUT2D eigenvalue weighted by molar-refractivity contribution is 5.86. The molecule has 0 spiro atoms. The standard InChI is InChI=1S/C26H23NO/c1-2-7-19(8-3-1)18-28-22-13-14-24-21(17-22)15-16-27-26(24)25-12-6-10-20-9-4-5-11-23(20)25/h1-14,17,26-27H,15-16,18H2. The summed E-state index contributed by atoms with van der Waals surface area (Å²) < 4.78 is 6.05. The zero-order chi connectivity index (χ0) is 18.8. The summed E-state index contributed by atoms with van der Waals surface area (Å²) in [7, 11) is 0. The van der Waals surface area contributed by atoms with E-state index >= 15 is 0 Å². The predicted octanol–water partition coefficient (Wildman–Crippen LogP) is 5.65. The first-order valence-corrected chi connectivity index (χ1v) is 9.89. The second-order valence-corrected chi connectivity index (χ2v) is 7.34. The van der Waals surface area contributed by atoms with Gasteiger partial charge in [0.25, 0.3) is 0 Å². The predicted molar refractivity (Wildman–Crippen MR) is 115 cm³/mol. The first kappa shape index (κ1) is 17.0. The molecule has 1 atom stereocenters. The van der Waals surface area contributed by atoms with Gasteiger partial charge in [-0.25, -0.2) is 0 Å². The molecule has 0 aromatic heterocycles. The second-order valence-electron chi connectivity index (χ2n) is 7.34. The van der Waals surface area contributed by atoms with Gasteiger partial charge in [-0.3, -0.25) is 0 Å². The van der Waals surface area contributed by atoms with Crippen molar-refractivity contribution < 1.29 is 4.74 Å². The third kappa shape index (κ3) is 3.28. The Balaban J connectivity index is 1.45. The SMILES string of the molecule is c1ccc(COc2ccc3c(c2)CCNC3c2cccc3ccccc23)cc1. The van der Waals surface area contributed by atoms with Crippen LogP contribution in [0.5, 0.6) is 5.75 Å². The van der Waals surface area contributed by atoms with Crippen LogP contribution in [0.2, 0.25) is 0 Å². The molecule has 1 N–H and O–H groups in total. The average Bonchev–Trinajstić information content (AvgIpc) is 2.77. The largest absolute Gasteiger partial charge is 0.489 e. The van der Waals surface area contributed by atoms with Crippen molar-refractivity contribution in [3.05, 3.63) is 113 Å². The molecule has 0 aliphatic carbocycles. The maximum Gasteiger partial charge on any atom is 0.120 e. The second kappa shape index (κ2) is 7.49. The van der Waals surface area contributed by atoms with Gasteiger partial charge in [-0.1, -0.05) is 78.9 Å². The number of benzene rings is 4. The third-order valence-electron chi connectivity index (χ3n) is 5.55. The average molecular weight is 365 g/mol. The smallest absolute Gasteiger partial charge is 0.120 e. The van der Waals surface area contributed by atoms with Gasteiger partial charge in [0.05, 0.1) is 6.04 Å². The third-order valence-corrected chi connectivity index (χ3v) is 5.55. The Morgan fingerprint density at radius 2 is 1.61 bits per heavy atom. The summed E-state index contributed by atoms with van der Waals surface area (Å²) in [5, 5.41) is 6.33. The molecule has 2 nitrogen and oxygen atoms in total. The van der Waals surface area contributed by atoms with Crippen molar-refractivity contribution in [3.63, 3.8) is 0 Å². The normalized spacial score (nSPS) is 15.9. The van der Waals surface area contributed by atoms with E-state index in [1.54, 1.807) is 0 Å².